The minimum absolute atomic E-state index is 0.196. The molecule has 100 valence electrons. The van der Waals surface area contributed by atoms with Gasteiger partial charge in [-0.1, -0.05) is 29.8 Å². The largest absolute Gasteiger partial charge is 0.317 e. The van der Waals surface area contributed by atoms with E-state index in [0.717, 1.165) is 17.3 Å². The fourth-order valence-electron chi connectivity index (χ4n) is 1.49. The van der Waals surface area contributed by atoms with E-state index in [1.807, 2.05) is 12.1 Å². The number of H-pyrrole nitrogens is 1. The quantitative estimate of drug-likeness (QED) is 0.849. The van der Waals surface area contributed by atoms with Crippen LogP contribution in [-0.4, -0.2) is 21.2 Å². The van der Waals surface area contributed by atoms with Crippen molar-refractivity contribution in [3.8, 4) is 23.6 Å². The van der Waals surface area contributed by atoms with Gasteiger partial charge in [0.05, 0.1) is 11.4 Å². The maximum Gasteiger partial charge on any atom is 0.284 e. The second-order valence-electron chi connectivity index (χ2n) is 3.79. The SMILES string of the molecule is C#CCSC(=O)Nc1ccc(-c2ccc(=O)[nH]n2)cc1. The molecule has 0 atom stereocenters. The first-order valence-corrected chi connectivity index (χ1v) is 6.71. The first kappa shape index (κ1) is 13.9. The number of thioether (sulfide) groups is 1. The van der Waals surface area contributed by atoms with E-state index in [9.17, 15) is 9.59 Å². The summed E-state index contributed by atoms with van der Waals surface area (Å²) in [6, 6.07) is 10.2. The molecule has 1 amide bonds. The van der Waals surface area contributed by atoms with Crippen molar-refractivity contribution in [2.75, 3.05) is 11.1 Å². The van der Waals surface area contributed by atoms with Crippen molar-refractivity contribution in [2.45, 2.75) is 0 Å². The van der Waals surface area contributed by atoms with Crippen LogP contribution in [0.2, 0.25) is 0 Å². The third-order valence-electron chi connectivity index (χ3n) is 2.39. The highest BCUT2D eigenvalue weighted by molar-refractivity contribution is 8.14. The van der Waals surface area contributed by atoms with Gasteiger partial charge in [0.25, 0.3) is 10.8 Å². The predicted octanol–water partition coefficient (Wildman–Crippen LogP) is 2.34. The number of carbonyl (C=O) groups is 1. The average molecular weight is 285 g/mol. The summed E-state index contributed by atoms with van der Waals surface area (Å²) in [6.45, 7) is 0. The zero-order valence-electron chi connectivity index (χ0n) is 10.4. The molecule has 0 aliphatic rings. The number of aromatic amines is 1. The number of hydrogen-bond donors (Lipinski definition) is 2. The molecular weight excluding hydrogens is 274 g/mol. The lowest BCUT2D eigenvalue weighted by Gasteiger charge is -2.05. The van der Waals surface area contributed by atoms with Crippen molar-refractivity contribution < 1.29 is 4.79 Å². The number of terminal acetylenes is 1. The van der Waals surface area contributed by atoms with E-state index in [-0.39, 0.29) is 10.8 Å². The third-order valence-corrected chi connectivity index (χ3v) is 3.07. The summed E-state index contributed by atoms with van der Waals surface area (Å²) in [5, 5.41) is 8.82. The molecule has 0 saturated heterocycles. The predicted molar refractivity (Wildman–Crippen MR) is 80.6 cm³/mol. The highest BCUT2D eigenvalue weighted by Crippen LogP contribution is 2.19. The molecule has 2 N–H and O–H groups in total. The molecule has 0 fully saturated rings. The van der Waals surface area contributed by atoms with Crippen LogP contribution >= 0.6 is 11.8 Å². The number of rotatable bonds is 3. The monoisotopic (exact) mass is 285 g/mol. The van der Waals surface area contributed by atoms with Crippen molar-refractivity contribution in [2.24, 2.45) is 0 Å². The Morgan fingerprint density at radius 1 is 1.30 bits per heavy atom. The lowest BCUT2D eigenvalue weighted by Crippen LogP contribution is -2.06. The molecule has 5 nitrogen and oxygen atoms in total. The fourth-order valence-corrected chi connectivity index (χ4v) is 1.90. The summed E-state index contributed by atoms with van der Waals surface area (Å²) >= 11 is 1.04. The number of benzene rings is 1. The fraction of sp³-hybridized carbons (Fsp3) is 0.0714. The molecular formula is C14H11N3O2S. The van der Waals surface area contributed by atoms with Crippen LogP contribution in [0.5, 0.6) is 0 Å². The van der Waals surface area contributed by atoms with Crippen molar-refractivity contribution in [3.05, 3.63) is 46.8 Å². The van der Waals surface area contributed by atoms with Gasteiger partial charge in [-0.3, -0.25) is 9.59 Å². The summed E-state index contributed by atoms with van der Waals surface area (Å²) in [5.41, 5.74) is 1.93. The number of aromatic nitrogens is 2. The van der Waals surface area contributed by atoms with Gasteiger partial charge in [-0.25, -0.2) is 5.10 Å². The number of nitrogens with zero attached hydrogens (tertiary/aromatic N) is 1. The van der Waals surface area contributed by atoms with Gasteiger partial charge in [0.15, 0.2) is 0 Å². The van der Waals surface area contributed by atoms with Gasteiger partial charge in [0, 0.05) is 17.3 Å². The van der Waals surface area contributed by atoms with Gasteiger partial charge >= 0.3 is 0 Å². The Morgan fingerprint density at radius 3 is 2.65 bits per heavy atom. The molecule has 2 rings (SSSR count). The number of amides is 1. The van der Waals surface area contributed by atoms with E-state index >= 15 is 0 Å². The minimum Gasteiger partial charge on any atom is -0.317 e. The number of hydrogen-bond acceptors (Lipinski definition) is 4. The normalized spacial score (nSPS) is 9.75. The lowest BCUT2D eigenvalue weighted by atomic mass is 10.1. The van der Waals surface area contributed by atoms with Gasteiger partial charge < -0.3 is 5.32 Å². The molecule has 0 unspecified atom stereocenters. The lowest BCUT2D eigenvalue weighted by molar-refractivity contribution is 0.270. The third kappa shape index (κ3) is 3.73. The summed E-state index contributed by atoms with van der Waals surface area (Å²) < 4.78 is 0. The second kappa shape index (κ2) is 6.59. The Labute approximate surface area is 119 Å². The molecule has 2 aromatic rings. The van der Waals surface area contributed by atoms with Crippen LogP contribution in [0.4, 0.5) is 10.5 Å². The molecule has 0 radical (unpaired) electrons. The summed E-state index contributed by atoms with van der Waals surface area (Å²) in [4.78, 5) is 22.4. The van der Waals surface area contributed by atoms with E-state index in [2.05, 4.69) is 21.4 Å². The van der Waals surface area contributed by atoms with Gasteiger partial charge in [0.2, 0.25) is 0 Å². The van der Waals surface area contributed by atoms with Crippen LogP contribution < -0.4 is 10.9 Å². The molecule has 0 bridgehead atoms. The van der Waals surface area contributed by atoms with Gasteiger partial charge in [0.1, 0.15) is 0 Å². The molecule has 1 aromatic heterocycles. The van der Waals surface area contributed by atoms with Crippen LogP contribution in [0.3, 0.4) is 0 Å². The number of nitrogens with one attached hydrogen (secondary N) is 2. The second-order valence-corrected chi connectivity index (χ2v) is 4.74. The standard InChI is InChI=1S/C14H11N3O2S/c1-2-9-20-14(19)15-11-5-3-10(4-6-11)12-7-8-13(18)17-16-12/h1,3-8H,9H2,(H,15,19)(H,17,18). The Morgan fingerprint density at radius 2 is 2.05 bits per heavy atom. The average Bonchev–Trinajstić information content (AvgIpc) is 2.47. The Kier molecular flexibility index (Phi) is 4.58. The zero-order chi connectivity index (χ0) is 14.4. The summed E-state index contributed by atoms with van der Waals surface area (Å²) in [5.74, 6) is 2.72. The molecule has 1 heterocycles. The van der Waals surface area contributed by atoms with Crippen LogP contribution in [0.25, 0.3) is 11.3 Å². The van der Waals surface area contributed by atoms with Crippen LogP contribution in [0.1, 0.15) is 0 Å². The van der Waals surface area contributed by atoms with Crippen LogP contribution in [0.15, 0.2) is 41.2 Å². The van der Waals surface area contributed by atoms with Crippen LogP contribution in [-0.2, 0) is 0 Å². The first-order chi connectivity index (χ1) is 9.69. The van der Waals surface area contributed by atoms with Crippen molar-refractivity contribution in [1.82, 2.24) is 10.2 Å². The molecule has 0 aliphatic carbocycles. The number of anilines is 1. The van der Waals surface area contributed by atoms with Gasteiger partial charge in [-0.2, -0.15) is 5.10 Å². The summed E-state index contributed by atoms with van der Waals surface area (Å²) in [6.07, 6.45) is 5.08. The van der Waals surface area contributed by atoms with Gasteiger partial charge in [-0.15, -0.1) is 6.42 Å². The molecule has 0 aliphatic heterocycles. The van der Waals surface area contributed by atoms with Crippen molar-refractivity contribution in [3.63, 3.8) is 0 Å². The molecule has 20 heavy (non-hydrogen) atoms. The number of carbonyl (C=O) groups excluding carboxylic acids is 1. The minimum atomic E-state index is -0.247. The Hall–Kier alpha value is -2.52. The Balaban J connectivity index is 2.07. The first-order valence-electron chi connectivity index (χ1n) is 5.72. The molecule has 0 spiro atoms. The van der Waals surface area contributed by atoms with E-state index in [1.165, 1.54) is 6.07 Å². The maximum absolute atomic E-state index is 11.5. The van der Waals surface area contributed by atoms with E-state index in [0.29, 0.717) is 17.1 Å². The van der Waals surface area contributed by atoms with E-state index in [1.54, 1.807) is 18.2 Å². The highest BCUT2D eigenvalue weighted by Gasteiger charge is 2.03. The molecule has 1 aromatic carbocycles. The van der Waals surface area contributed by atoms with Crippen molar-refractivity contribution in [1.29, 1.82) is 0 Å². The highest BCUT2D eigenvalue weighted by atomic mass is 32.2. The topological polar surface area (TPSA) is 74.8 Å². The molecule has 6 heteroatoms. The Bertz CT molecular complexity index is 681. The maximum atomic E-state index is 11.5. The van der Waals surface area contributed by atoms with E-state index in [4.69, 9.17) is 6.42 Å². The van der Waals surface area contributed by atoms with E-state index < -0.39 is 0 Å². The molecule has 0 saturated carbocycles. The zero-order valence-corrected chi connectivity index (χ0v) is 11.2. The van der Waals surface area contributed by atoms with Crippen molar-refractivity contribution >= 4 is 22.7 Å². The smallest absolute Gasteiger partial charge is 0.284 e. The summed E-state index contributed by atoms with van der Waals surface area (Å²) in [7, 11) is 0. The van der Waals surface area contributed by atoms with Crippen LogP contribution in [0, 0.1) is 12.3 Å². The van der Waals surface area contributed by atoms with Gasteiger partial charge in [-0.05, 0) is 18.2 Å².